The first-order valence-electron chi connectivity index (χ1n) is 19.5. The number of aliphatic hydroxyl groups excluding tert-OH is 1. The molecule has 2 atom stereocenters. The largest absolute Gasteiger partial charge is 0.488 e. The van der Waals surface area contributed by atoms with E-state index in [1.165, 1.54) is 13.1 Å². The molecule has 0 unspecified atom stereocenters. The topological polar surface area (TPSA) is 144 Å². The Balaban J connectivity index is 1.18. The highest BCUT2D eigenvalue weighted by Gasteiger charge is 2.24. The monoisotopic (exact) mass is 879 g/mol. The average Bonchev–Trinajstić information content (AvgIpc) is 3.23. The summed E-state index contributed by atoms with van der Waals surface area (Å²) in [5.41, 5.74) is 9.67. The van der Waals surface area contributed by atoms with Gasteiger partial charge in [0.05, 0.1) is 32.7 Å². The molecule has 0 saturated heterocycles. The summed E-state index contributed by atoms with van der Waals surface area (Å²) >= 11 is 19.8. The predicted molar refractivity (Wildman–Crippen MR) is 236 cm³/mol. The number of hydrogen-bond acceptors (Lipinski definition) is 9. The molecule has 0 saturated carbocycles. The van der Waals surface area contributed by atoms with Crippen LogP contribution in [0.15, 0.2) is 97.6 Å². The fourth-order valence-corrected chi connectivity index (χ4v) is 7.58. The van der Waals surface area contributed by atoms with Crippen LogP contribution < -0.4 is 18.9 Å². The van der Waals surface area contributed by atoms with E-state index in [0.29, 0.717) is 54.8 Å². The quantitative estimate of drug-likeness (QED) is 0.0856. The van der Waals surface area contributed by atoms with Gasteiger partial charge in [0.25, 0.3) is 0 Å². The van der Waals surface area contributed by atoms with Crippen molar-refractivity contribution in [1.82, 2.24) is 9.97 Å². The van der Waals surface area contributed by atoms with Gasteiger partial charge in [-0.2, -0.15) is 5.26 Å². The first-order chi connectivity index (χ1) is 29.3. The van der Waals surface area contributed by atoms with Crippen molar-refractivity contribution in [3.8, 4) is 40.2 Å². The highest BCUT2D eigenvalue weighted by atomic mass is 35.5. The number of benzene rings is 4. The Hall–Kier alpha value is -5.83. The number of ether oxygens (including phenoxy) is 4. The third-order valence-corrected chi connectivity index (χ3v) is 11.2. The number of aryl methyl sites for hydroxylation is 2. The lowest BCUT2D eigenvalue weighted by Crippen LogP contribution is -2.26. The number of halogens is 3. The molecule has 0 aliphatic heterocycles. The highest BCUT2D eigenvalue weighted by molar-refractivity contribution is 6.36. The van der Waals surface area contributed by atoms with Crippen LogP contribution in [0.3, 0.4) is 0 Å². The van der Waals surface area contributed by atoms with Gasteiger partial charge >= 0.3 is 5.97 Å². The second-order valence-corrected chi connectivity index (χ2v) is 15.9. The summed E-state index contributed by atoms with van der Waals surface area (Å²) < 4.78 is 24.8. The van der Waals surface area contributed by atoms with Gasteiger partial charge in [0.2, 0.25) is 0 Å². The third kappa shape index (κ3) is 11.5. The molecule has 0 fully saturated rings. The second-order valence-electron chi connectivity index (χ2n) is 14.7. The van der Waals surface area contributed by atoms with Crippen LogP contribution in [0.25, 0.3) is 11.1 Å². The fraction of sp³-hybridized carbons (Fsp3) is 0.250. The van der Waals surface area contributed by atoms with Crippen LogP contribution in [0.4, 0.5) is 0 Å². The van der Waals surface area contributed by atoms with E-state index in [1.807, 2.05) is 44.2 Å². The van der Waals surface area contributed by atoms with Crippen LogP contribution in [-0.2, 0) is 37.6 Å². The van der Waals surface area contributed by atoms with Crippen LogP contribution in [0.1, 0.15) is 63.4 Å². The van der Waals surface area contributed by atoms with E-state index in [-0.39, 0.29) is 39.3 Å². The molecule has 2 aromatic heterocycles. The first-order valence-corrected chi connectivity index (χ1v) is 20.6. The van der Waals surface area contributed by atoms with Crippen molar-refractivity contribution in [2.45, 2.75) is 73.1 Å². The molecule has 4 aromatic carbocycles. The van der Waals surface area contributed by atoms with Gasteiger partial charge in [-0.1, -0.05) is 71.2 Å². The number of hydrogen-bond donors (Lipinski definition) is 2. The maximum atomic E-state index is 11.8. The van der Waals surface area contributed by atoms with E-state index >= 15 is 0 Å². The number of carboxylic acids is 1. The zero-order valence-electron chi connectivity index (χ0n) is 34.0. The number of carboxylic acid groups (broad SMARTS) is 1. The SMILES string of the molecule is Cc1cncc(COc2cc(OCc3cccc(-c4cccc(COc5cc(OCc6cncc(C#N)c6)c(CC[C@H](C(=O)O)[C@@H](C)O)cc5Cl)c4C)c3C)c(Cl)cc2Cl)c1. The van der Waals surface area contributed by atoms with Gasteiger partial charge in [-0.3, -0.25) is 14.8 Å². The first kappa shape index (κ1) is 44.7. The molecule has 2 heterocycles. The van der Waals surface area contributed by atoms with Crippen LogP contribution in [0.5, 0.6) is 23.0 Å². The Labute approximate surface area is 370 Å². The molecule has 10 nitrogen and oxygen atoms in total. The molecule has 0 radical (unpaired) electrons. The van der Waals surface area contributed by atoms with Crippen molar-refractivity contribution in [2.75, 3.05) is 0 Å². The van der Waals surface area contributed by atoms with Gasteiger partial charge in [-0.15, -0.1) is 0 Å². The fourth-order valence-electron chi connectivity index (χ4n) is 6.85. The molecule has 2 N–H and O–H groups in total. The summed E-state index contributed by atoms with van der Waals surface area (Å²) in [4.78, 5) is 20.2. The number of nitriles is 1. The van der Waals surface area contributed by atoms with Crippen molar-refractivity contribution in [2.24, 2.45) is 5.92 Å². The summed E-state index contributed by atoms with van der Waals surface area (Å²) in [6.45, 7) is 8.34. The molecule has 0 amide bonds. The maximum absolute atomic E-state index is 11.8. The Morgan fingerprint density at radius 2 is 1.18 bits per heavy atom. The standard InChI is InChI=1S/C48H44Cl3N3O7/c1-28-13-33(22-53-20-28)24-59-46-18-47(43(51)16-42(46)50)61-27-37-8-6-10-39(30(37)3)38-9-5-7-36(29(38)2)26-60-45-17-44(58-25-34-14-32(19-52)21-54-23-34)35(15-41(45)49)11-12-40(31(4)55)48(56)57/h5-10,13-18,20-23,31,40,55H,11-12,24-27H2,1-4H3,(H,56,57)/t31-,40+/m1/s1. The van der Waals surface area contributed by atoms with E-state index in [1.54, 1.807) is 48.9 Å². The van der Waals surface area contributed by atoms with Gasteiger partial charge in [-0.05, 0) is 109 Å². The van der Waals surface area contributed by atoms with Gasteiger partial charge < -0.3 is 29.2 Å². The van der Waals surface area contributed by atoms with E-state index in [0.717, 1.165) is 44.5 Å². The molecule has 314 valence electrons. The number of pyridine rings is 2. The minimum absolute atomic E-state index is 0.0920. The molecular weight excluding hydrogens is 837 g/mol. The van der Waals surface area contributed by atoms with Crippen LogP contribution >= 0.6 is 34.8 Å². The van der Waals surface area contributed by atoms with Gasteiger partial charge in [0.1, 0.15) is 55.5 Å². The molecule has 6 rings (SSSR count). The van der Waals surface area contributed by atoms with Crippen molar-refractivity contribution in [3.05, 3.63) is 163 Å². The summed E-state index contributed by atoms with van der Waals surface area (Å²) in [5, 5.41) is 30.1. The summed E-state index contributed by atoms with van der Waals surface area (Å²) in [5.74, 6) is -0.374. The summed E-state index contributed by atoms with van der Waals surface area (Å²) in [6.07, 6.45) is 5.98. The smallest absolute Gasteiger partial charge is 0.309 e. The molecule has 61 heavy (non-hydrogen) atoms. The van der Waals surface area contributed by atoms with Crippen molar-refractivity contribution in [1.29, 1.82) is 5.26 Å². The van der Waals surface area contributed by atoms with Crippen LogP contribution in [-0.4, -0.2) is 32.3 Å². The molecular formula is C48H44Cl3N3O7. The lowest BCUT2D eigenvalue weighted by atomic mass is 9.92. The van der Waals surface area contributed by atoms with E-state index in [4.69, 9.17) is 53.8 Å². The van der Waals surface area contributed by atoms with E-state index in [2.05, 4.69) is 35.1 Å². The third-order valence-electron chi connectivity index (χ3n) is 10.3. The minimum atomic E-state index is -1.09. The van der Waals surface area contributed by atoms with Crippen molar-refractivity contribution in [3.63, 3.8) is 0 Å². The van der Waals surface area contributed by atoms with Crippen LogP contribution in [0.2, 0.25) is 15.1 Å². The van der Waals surface area contributed by atoms with Gasteiger partial charge in [0, 0.05) is 48.0 Å². The summed E-state index contributed by atoms with van der Waals surface area (Å²) in [7, 11) is 0. The number of rotatable bonds is 18. The number of aliphatic carboxylic acids is 1. The highest BCUT2D eigenvalue weighted by Crippen LogP contribution is 2.39. The zero-order valence-corrected chi connectivity index (χ0v) is 36.3. The number of aromatic nitrogens is 2. The number of nitrogens with zero attached hydrogens (tertiary/aromatic N) is 3. The minimum Gasteiger partial charge on any atom is -0.488 e. The second kappa shape index (κ2) is 20.6. The Morgan fingerprint density at radius 3 is 1.72 bits per heavy atom. The molecule has 6 aromatic rings. The van der Waals surface area contributed by atoms with Gasteiger partial charge in [-0.25, -0.2) is 0 Å². The normalized spacial score (nSPS) is 12.0. The lowest BCUT2D eigenvalue weighted by Gasteiger charge is -2.19. The molecule has 0 spiro atoms. The zero-order chi connectivity index (χ0) is 43.6. The predicted octanol–water partition coefficient (Wildman–Crippen LogP) is 11.2. The Kier molecular flexibility index (Phi) is 15.1. The van der Waals surface area contributed by atoms with Gasteiger partial charge in [0.15, 0.2) is 0 Å². The maximum Gasteiger partial charge on any atom is 0.309 e. The molecule has 0 bridgehead atoms. The Morgan fingerprint density at radius 1 is 0.672 bits per heavy atom. The number of aliphatic hydroxyl groups is 1. The molecule has 0 aliphatic carbocycles. The van der Waals surface area contributed by atoms with E-state index in [9.17, 15) is 20.3 Å². The molecule has 13 heteroatoms. The number of carbonyl (C=O) groups is 1. The molecule has 0 aliphatic rings. The lowest BCUT2D eigenvalue weighted by molar-refractivity contribution is -0.145. The Bertz CT molecular complexity index is 2580. The summed E-state index contributed by atoms with van der Waals surface area (Å²) in [6, 6.07) is 24.6. The van der Waals surface area contributed by atoms with Crippen molar-refractivity contribution >= 4 is 40.8 Å². The average molecular weight is 881 g/mol. The van der Waals surface area contributed by atoms with Crippen LogP contribution in [0, 0.1) is 38.0 Å². The van der Waals surface area contributed by atoms with E-state index < -0.39 is 18.0 Å². The van der Waals surface area contributed by atoms with Crippen molar-refractivity contribution < 1.29 is 34.0 Å².